The van der Waals surface area contributed by atoms with E-state index in [9.17, 15) is 9.59 Å². The van der Waals surface area contributed by atoms with Gasteiger partial charge in [-0.2, -0.15) is 0 Å². The monoisotopic (exact) mass is 259 g/mol. The highest BCUT2D eigenvalue weighted by atomic mass is 16.4. The summed E-state index contributed by atoms with van der Waals surface area (Å²) >= 11 is 0. The van der Waals surface area contributed by atoms with Gasteiger partial charge in [0.05, 0.1) is 11.9 Å². The Labute approximate surface area is 111 Å². The molecule has 4 heteroatoms. The predicted molar refractivity (Wildman–Crippen MR) is 74.5 cm³/mol. The van der Waals surface area contributed by atoms with Gasteiger partial charge >= 0.3 is 5.97 Å². The van der Waals surface area contributed by atoms with Gasteiger partial charge in [0, 0.05) is 23.7 Å². The number of aromatic nitrogens is 1. The van der Waals surface area contributed by atoms with Crippen LogP contribution in [0.15, 0.2) is 35.1 Å². The van der Waals surface area contributed by atoms with Crippen LogP contribution < -0.4 is 5.43 Å². The Bertz CT molecular complexity index is 658. The number of unbranched alkanes of at least 4 members (excludes halogenated alkanes) is 1. The van der Waals surface area contributed by atoms with Crippen LogP contribution in [0.25, 0.3) is 10.9 Å². The smallest absolute Gasteiger partial charge is 0.309 e. The van der Waals surface area contributed by atoms with Gasteiger partial charge in [-0.15, -0.1) is 0 Å². The zero-order valence-corrected chi connectivity index (χ0v) is 10.9. The number of nitrogens with zero attached hydrogens (tertiary/aromatic N) is 1. The molecule has 1 aromatic heterocycles. The number of fused-ring (bicyclic) bond motifs is 1. The normalized spacial score (nSPS) is 10.8. The van der Waals surface area contributed by atoms with Crippen molar-refractivity contribution in [3.05, 3.63) is 46.2 Å². The Morgan fingerprint density at radius 3 is 2.74 bits per heavy atom. The molecule has 0 unspecified atom stereocenters. The highest BCUT2D eigenvalue weighted by Gasteiger charge is 2.11. The van der Waals surface area contributed by atoms with Crippen molar-refractivity contribution in [2.45, 2.75) is 32.7 Å². The van der Waals surface area contributed by atoms with Crippen molar-refractivity contribution in [3.63, 3.8) is 0 Å². The molecule has 0 radical (unpaired) electrons. The van der Waals surface area contributed by atoms with E-state index in [0.29, 0.717) is 11.1 Å². The highest BCUT2D eigenvalue weighted by Crippen LogP contribution is 2.14. The number of rotatable bonds is 5. The summed E-state index contributed by atoms with van der Waals surface area (Å²) in [5.74, 6) is -0.917. The third-order valence-electron chi connectivity index (χ3n) is 3.17. The van der Waals surface area contributed by atoms with Crippen molar-refractivity contribution in [2.24, 2.45) is 0 Å². The lowest BCUT2D eigenvalue weighted by molar-refractivity contribution is -0.136. The molecule has 4 nitrogen and oxygen atoms in total. The second-order valence-electron chi connectivity index (χ2n) is 4.59. The lowest BCUT2D eigenvalue weighted by Gasteiger charge is -2.15. The van der Waals surface area contributed by atoms with Gasteiger partial charge in [0.25, 0.3) is 0 Å². The molecule has 0 bridgehead atoms. The average Bonchev–Trinajstić information content (AvgIpc) is 2.38. The first kappa shape index (κ1) is 13.3. The second kappa shape index (κ2) is 5.69. The van der Waals surface area contributed by atoms with Crippen LogP contribution in [0.1, 0.15) is 25.5 Å². The zero-order valence-electron chi connectivity index (χ0n) is 10.9. The number of hydrogen-bond acceptors (Lipinski definition) is 2. The van der Waals surface area contributed by atoms with Crippen molar-refractivity contribution >= 4 is 16.9 Å². The van der Waals surface area contributed by atoms with Gasteiger partial charge in [-0.1, -0.05) is 25.5 Å². The molecule has 0 aliphatic carbocycles. The van der Waals surface area contributed by atoms with Gasteiger partial charge in [0.1, 0.15) is 0 Å². The summed E-state index contributed by atoms with van der Waals surface area (Å²) < 4.78 is 1.95. The zero-order chi connectivity index (χ0) is 13.8. The summed E-state index contributed by atoms with van der Waals surface area (Å²) in [6.07, 6.45) is 1.86. The lowest BCUT2D eigenvalue weighted by atomic mass is 10.1. The van der Waals surface area contributed by atoms with Crippen LogP contribution in [0.2, 0.25) is 0 Å². The molecule has 0 saturated heterocycles. The second-order valence-corrected chi connectivity index (χ2v) is 4.59. The standard InChI is InChI=1S/C15H17NO3/c1-2-3-8-16-11(10-15(18)19)9-14(17)12-6-4-5-7-13(12)16/h4-7,9H,2-3,8,10H2,1H3,(H,18,19). The summed E-state index contributed by atoms with van der Waals surface area (Å²) in [7, 11) is 0. The largest absolute Gasteiger partial charge is 0.481 e. The van der Waals surface area contributed by atoms with Crippen molar-refractivity contribution in [3.8, 4) is 0 Å². The first-order valence-electron chi connectivity index (χ1n) is 6.46. The summed E-state index contributed by atoms with van der Waals surface area (Å²) in [6.45, 7) is 2.82. The van der Waals surface area contributed by atoms with Gasteiger partial charge in [-0.25, -0.2) is 0 Å². The molecule has 2 rings (SSSR count). The fourth-order valence-corrected chi connectivity index (χ4v) is 2.26. The van der Waals surface area contributed by atoms with Gasteiger partial charge in [0.15, 0.2) is 5.43 Å². The Kier molecular flexibility index (Phi) is 4.00. The molecule has 0 aliphatic rings. The van der Waals surface area contributed by atoms with Crippen LogP contribution in [0.3, 0.4) is 0 Å². The molecular formula is C15H17NO3. The summed E-state index contributed by atoms with van der Waals surface area (Å²) in [5.41, 5.74) is 1.28. The first-order valence-corrected chi connectivity index (χ1v) is 6.46. The molecule has 2 aromatic rings. The van der Waals surface area contributed by atoms with Gasteiger partial charge in [0.2, 0.25) is 0 Å². The molecule has 0 aliphatic heterocycles. The molecule has 100 valence electrons. The number of pyridine rings is 1. The number of hydrogen-bond donors (Lipinski definition) is 1. The van der Waals surface area contributed by atoms with Crippen molar-refractivity contribution < 1.29 is 9.90 Å². The summed E-state index contributed by atoms with van der Waals surface area (Å²) in [4.78, 5) is 22.9. The fraction of sp³-hybridized carbons (Fsp3) is 0.333. The van der Waals surface area contributed by atoms with Crippen LogP contribution in [0, 0.1) is 0 Å². The maximum Gasteiger partial charge on any atom is 0.309 e. The van der Waals surface area contributed by atoms with E-state index >= 15 is 0 Å². The van der Waals surface area contributed by atoms with E-state index < -0.39 is 5.97 Å². The number of para-hydroxylation sites is 1. The van der Waals surface area contributed by atoms with E-state index in [1.54, 1.807) is 6.07 Å². The third-order valence-corrected chi connectivity index (χ3v) is 3.17. The van der Waals surface area contributed by atoms with Crippen LogP contribution >= 0.6 is 0 Å². The van der Waals surface area contributed by atoms with E-state index in [1.165, 1.54) is 6.07 Å². The molecule has 1 N–H and O–H groups in total. The lowest BCUT2D eigenvalue weighted by Crippen LogP contribution is -2.17. The molecule has 0 fully saturated rings. The van der Waals surface area contributed by atoms with E-state index in [4.69, 9.17) is 5.11 Å². The maximum absolute atomic E-state index is 12.0. The van der Waals surface area contributed by atoms with E-state index in [2.05, 4.69) is 6.92 Å². The third kappa shape index (κ3) is 2.84. The number of carboxylic acid groups (broad SMARTS) is 1. The van der Waals surface area contributed by atoms with Crippen LogP contribution in [0.5, 0.6) is 0 Å². The van der Waals surface area contributed by atoms with E-state index in [0.717, 1.165) is 24.9 Å². The molecule has 19 heavy (non-hydrogen) atoms. The average molecular weight is 259 g/mol. The maximum atomic E-state index is 12.0. The number of benzene rings is 1. The first-order chi connectivity index (χ1) is 9.13. The number of aliphatic carboxylic acids is 1. The van der Waals surface area contributed by atoms with E-state index in [1.807, 2.05) is 22.8 Å². The number of carbonyl (C=O) groups is 1. The number of aryl methyl sites for hydroxylation is 1. The highest BCUT2D eigenvalue weighted by molar-refractivity contribution is 5.80. The molecule has 0 amide bonds. The predicted octanol–water partition coefficient (Wildman–Crippen LogP) is 2.43. The molecule has 0 spiro atoms. The summed E-state index contributed by atoms with van der Waals surface area (Å²) in [5, 5.41) is 9.61. The minimum Gasteiger partial charge on any atom is -0.481 e. The Hall–Kier alpha value is -2.10. The van der Waals surface area contributed by atoms with Gasteiger partial charge < -0.3 is 9.67 Å². The molecular weight excluding hydrogens is 242 g/mol. The SMILES string of the molecule is CCCCn1c(CC(=O)O)cc(=O)c2ccccc21. The Morgan fingerprint density at radius 1 is 1.32 bits per heavy atom. The Balaban J connectivity index is 2.65. The topological polar surface area (TPSA) is 59.3 Å². The Morgan fingerprint density at radius 2 is 2.05 bits per heavy atom. The van der Waals surface area contributed by atoms with Crippen LogP contribution in [0.4, 0.5) is 0 Å². The molecule has 1 aromatic carbocycles. The van der Waals surface area contributed by atoms with Crippen molar-refractivity contribution in [1.29, 1.82) is 0 Å². The minimum atomic E-state index is -0.917. The van der Waals surface area contributed by atoms with Gasteiger partial charge in [-0.3, -0.25) is 9.59 Å². The van der Waals surface area contributed by atoms with Crippen molar-refractivity contribution in [1.82, 2.24) is 4.57 Å². The van der Waals surface area contributed by atoms with Crippen molar-refractivity contribution in [2.75, 3.05) is 0 Å². The summed E-state index contributed by atoms with van der Waals surface area (Å²) in [6, 6.07) is 8.80. The minimum absolute atomic E-state index is 0.111. The number of carboxylic acids is 1. The molecule has 0 saturated carbocycles. The molecule has 0 atom stereocenters. The van der Waals surface area contributed by atoms with Gasteiger partial charge in [-0.05, 0) is 18.6 Å². The van der Waals surface area contributed by atoms with Crippen LogP contribution in [-0.4, -0.2) is 15.6 Å². The fourth-order valence-electron chi connectivity index (χ4n) is 2.26. The quantitative estimate of drug-likeness (QED) is 0.897. The van der Waals surface area contributed by atoms with E-state index in [-0.39, 0.29) is 11.8 Å². The van der Waals surface area contributed by atoms with Crippen LogP contribution in [-0.2, 0) is 17.8 Å². The molecule has 1 heterocycles.